The molecular formula is C10H20N2O. The lowest BCUT2D eigenvalue weighted by Gasteiger charge is -2.13. The summed E-state index contributed by atoms with van der Waals surface area (Å²) in [6.07, 6.45) is 1.85. The number of carbonyl (C=O) groups is 1. The van der Waals surface area contributed by atoms with Gasteiger partial charge in [0, 0.05) is 13.1 Å². The minimum atomic E-state index is -0.0376. The summed E-state index contributed by atoms with van der Waals surface area (Å²) in [5.41, 5.74) is 6.44. The SMILES string of the molecule is C=C(C)CNC(=O)C(CN)CCC. The van der Waals surface area contributed by atoms with Crippen LogP contribution in [0.15, 0.2) is 12.2 Å². The van der Waals surface area contributed by atoms with Crippen LogP contribution in [0, 0.1) is 5.92 Å². The average molecular weight is 184 g/mol. The topological polar surface area (TPSA) is 55.1 Å². The summed E-state index contributed by atoms with van der Waals surface area (Å²) in [5.74, 6) is 0.0108. The molecule has 3 heteroatoms. The summed E-state index contributed by atoms with van der Waals surface area (Å²) in [6.45, 7) is 8.63. The van der Waals surface area contributed by atoms with E-state index in [4.69, 9.17) is 5.73 Å². The smallest absolute Gasteiger partial charge is 0.224 e. The molecule has 0 rings (SSSR count). The molecule has 0 radical (unpaired) electrons. The Morgan fingerprint density at radius 2 is 2.23 bits per heavy atom. The minimum Gasteiger partial charge on any atom is -0.352 e. The van der Waals surface area contributed by atoms with Gasteiger partial charge in [0.1, 0.15) is 0 Å². The molecule has 0 bridgehead atoms. The summed E-state index contributed by atoms with van der Waals surface area (Å²) in [6, 6.07) is 0. The third-order valence-corrected chi connectivity index (χ3v) is 1.86. The Hall–Kier alpha value is -0.830. The molecule has 13 heavy (non-hydrogen) atoms. The van der Waals surface area contributed by atoms with Gasteiger partial charge in [-0.2, -0.15) is 0 Å². The fraction of sp³-hybridized carbons (Fsp3) is 0.700. The van der Waals surface area contributed by atoms with E-state index in [0.717, 1.165) is 18.4 Å². The van der Waals surface area contributed by atoms with Gasteiger partial charge in [-0.05, 0) is 13.3 Å². The van der Waals surface area contributed by atoms with Gasteiger partial charge in [-0.25, -0.2) is 0 Å². The number of hydrogen-bond acceptors (Lipinski definition) is 2. The zero-order chi connectivity index (χ0) is 10.3. The second-order valence-electron chi connectivity index (χ2n) is 3.40. The molecule has 76 valence electrons. The van der Waals surface area contributed by atoms with E-state index in [0.29, 0.717) is 13.1 Å². The highest BCUT2D eigenvalue weighted by molar-refractivity contribution is 5.79. The van der Waals surface area contributed by atoms with Crippen LogP contribution in [0.3, 0.4) is 0 Å². The molecule has 0 aromatic heterocycles. The van der Waals surface area contributed by atoms with E-state index in [2.05, 4.69) is 18.8 Å². The Bertz CT molecular complexity index is 178. The first kappa shape index (κ1) is 12.2. The lowest BCUT2D eigenvalue weighted by Crippen LogP contribution is -2.35. The molecule has 1 amide bonds. The molecular weight excluding hydrogens is 164 g/mol. The van der Waals surface area contributed by atoms with Crippen LogP contribution in [-0.4, -0.2) is 19.0 Å². The van der Waals surface area contributed by atoms with Gasteiger partial charge in [-0.1, -0.05) is 25.5 Å². The van der Waals surface area contributed by atoms with Crippen molar-refractivity contribution in [3.05, 3.63) is 12.2 Å². The fourth-order valence-corrected chi connectivity index (χ4v) is 1.09. The van der Waals surface area contributed by atoms with Crippen LogP contribution in [0.2, 0.25) is 0 Å². The van der Waals surface area contributed by atoms with Gasteiger partial charge < -0.3 is 11.1 Å². The summed E-state index contributed by atoms with van der Waals surface area (Å²) in [5, 5.41) is 2.80. The van der Waals surface area contributed by atoms with E-state index in [1.54, 1.807) is 0 Å². The highest BCUT2D eigenvalue weighted by Crippen LogP contribution is 2.04. The molecule has 0 saturated heterocycles. The second-order valence-corrected chi connectivity index (χ2v) is 3.40. The minimum absolute atomic E-state index is 0.0376. The molecule has 0 fully saturated rings. The maximum absolute atomic E-state index is 11.4. The first-order valence-corrected chi connectivity index (χ1v) is 4.74. The predicted octanol–water partition coefficient (Wildman–Crippen LogP) is 1.05. The van der Waals surface area contributed by atoms with Crippen LogP contribution >= 0.6 is 0 Å². The van der Waals surface area contributed by atoms with Gasteiger partial charge in [0.2, 0.25) is 5.91 Å². The Balaban J connectivity index is 3.84. The van der Waals surface area contributed by atoms with Crippen LogP contribution in [-0.2, 0) is 4.79 Å². The zero-order valence-corrected chi connectivity index (χ0v) is 8.60. The molecule has 0 heterocycles. The predicted molar refractivity (Wildman–Crippen MR) is 55.3 cm³/mol. The molecule has 0 aromatic rings. The lowest BCUT2D eigenvalue weighted by molar-refractivity contribution is -0.124. The van der Waals surface area contributed by atoms with E-state index in [1.165, 1.54) is 0 Å². The van der Waals surface area contributed by atoms with Crippen molar-refractivity contribution in [2.75, 3.05) is 13.1 Å². The number of rotatable bonds is 6. The van der Waals surface area contributed by atoms with Gasteiger partial charge in [-0.15, -0.1) is 0 Å². The van der Waals surface area contributed by atoms with Crippen molar-refractivity contribution in [1.29, 1.82) is 0 Å². The van der Waals surface area contributed by atoms with Crippen molar-refractivity contribution in [2.24, 2.45) is 11.7 Å². The molecule has 0 aromatic carbocycles. The lowest BCUT2D eigenvalue weighted by atomic mass is 10.0. The van der Waals surface area contributed by atoms with Crippen molar-refractivity contribution in [3.63, 3.8) is 0 Å². The van der Waals surface area contributed by atoms with E-state index in [9.17, 15) is 4.79 Å². The number of nitrogens with one attached hydrogen (secondary N) is 1. The van der Waals surface area contributed by atoms with Crippen LogP contribution in [0.5, 0.6) is 0 Å². The zero-order valence-electron chi connectivity index (χ0n) is 8.60. The number of hydrogen-bond donors (Lipinski definition) is 2. The normalized spacial score (nSPS) is 12.2. The van der Waals surface area contributed by atoms with E-state index in [1.807, 2.05) is 6.92 Å². The highest BCUT2D eigenvalue weighted by atomic mass is 16.1. The van der Waals surface area contributed by atoms with E-state index >= 15 is 0 Å². The summed E-state index contributed by atoms with van der Waals surface area (Å²) in [7, 11) is 0. The van der Waals surface area contributed by atoms with Crippen molar-refractivity contribution in [3.8, 4) is 0 Å². The Kier molecular flexibility index (Phi) is 6.24. The molecule has 1 unspecified atom stereocenters. The van der Waals surface area contributed by atoms with Gasteiger partial charge in [0.25, 0.3) is 0 Å². The van der Waals surface area contributed by atoms with Gasteiger partial charge >= 0.3 is 0 Å². The molecule has 0 aliphatic carbocycles. The van der Waals surface area contributed by atoms with Crippen molar-refractivity contribution < 1.29 is 4.79 Å². The molecule has 1 atom stereocenters. The first-order chi connectivity index (χ1) is 6.11. The van der Waals surface area contributed by atoms with Crippen molar-refractivity contribution >= 4 is 5.91 Å². The van der Waals surface area contributed by atoms with E-state index < -0.39 is 0 Å². The summed E-state index contributed by atoms with van der Waals surface area (Å²) >= 11 is 0. The number of carbonyl (C=O) groups excluding carboxylic acids is 1. The van der Waals surface area contributed by atoms with Gasteiger partial charge in [0.15, 0.2) is 0 Å². The molecule has 0 spiro atoms. The maximum Gasteiger partial charge on any atom is 0.224 e. The van der Waals surface area contributed by atoms with Crippen molar-refractivity contribution in [2.45, 2.75) is 26.7 Å². The van der Waals surface area contributed by atoms with Gasteiger partial charge in [-0.3, -0.25) is 4.79 Å². The quantitative estimate of drug-likeness (QED) is 0.606. The Morgan fingerprint density at radius 3 is 2.62 bits per heavy atom. The maximum atomic E-state index is 11.4. The van der Waals surface area contributed by atoms with Crippen LogP contribution in [0.1, 0.15) is 26.7 Å². The molecule has 0 saturated carbocycles. The molecule has 0 aliphatic heterocycles. The number of nitrogens with two attached hydrogens (primary N) is 1. The van der Waals surface area contributed by atoms with Crippen LogP contribution < -0.4 is 11.1 Å². The molecule has 0 aliphatic rings. The summed E-state index contributed by atoms with van der Waals surface area (Å²) in [4.78, 5) is 11.4. The number of amides is 1. The second kappa shape index (κ2) is 6.66. The third kappa shape index (κ3) is 5.42. The van der Waals surface area contributed by atoms with Gasteiger partial charge in [0.05, 0.1) is 5.92 Å². The molecule has 3 N–H and O–H groups in total. The van der Waals surface area contributed by atoms with Crippen LogP contribution in [0.4, 0.5) is 0 Å². The van der Waals surface area contributed by atoms with E-state index in [-0.39, 0.29) is 11.8 Å². The van der Waals surface area contributed by atoms with Crippen LogP contribution in [0.25, 0.3) is 0 Å². The monoisotopic (exact) mass is 184 g/mol. The highest BCUT2D eigenvalue weighted by Gasteiger charge is 2.14. The first-order valence-electron chi connectivity index (χ1n) is 4.74. The average Bonchev–Trinajstić information content (AvgIpc) is 2.10. The largest absolute Gasteiger partial charge is 0.352 e. The standard InChI is InChI=1S/C10H20N2O/c1-4-5-9(6-11)10(13)12-7-8(2)3/h9H,2,4-7,11H2,1,3H3,(H,12,13). The van der Waals surface area contributed by atoms with Crippen molar-refractivity contribution in [1.82, 2.24) is 5.32 Å². The molecule has 3 nitrogen and oxygen atoms in total. The Morgan fingerprint density at radius 1 is 1.62 bits per heavy atom. The third-order valence-electron chi connectivity index (χ3n) is 1.86. The Labute approximate surface area is 80.4 Å². The fourth-order valence-electron chi connectivity index (χ4n) is 1.09. The summed E-state index contributed by atoms with van der Waals surface area (Å²) < 4.78 is 0.